The molecule has 1 saturated carbocycles. The average Bonchev–Trinajstić information content (AvgIpc) is 3.31. The van der Waals surface area contributed by atoms with Crippen LogP contribution in [0.15, 0.2) is 60.8 Å². The molecule has 1 aliphatic carbocycles. The molecule has 6 unspecified atom stereocenters. The van der Waals surface area contributed by atoms with Crippen LogP contribution < -0.4 is 0 Å². The van der Waals surface area contributed by atoms with Crippen LogP contribution in [-0.2, 0) is 32.7 Å². The maximum absolute atomic E-state index is 12.8. The van der Waals surface area contributed by atoms with Crippen LogP contribution in [0.1, 0.15) is 206 Å². The smallest absolute Gasteiger partial charge is 0.462 e. The zero-order valence-corrected chi connectivity index (χ0v) is 42.3. The van der Waals surface area contributed by atoms with Crippen molar-refractivity contribution in [3.05, 3.63) is 60.8 Å². The number of unbranched alkanes of at least 4 members (excludes halogenated alkanes) is 21. The Morgan fingerprint density at radius 2 is 0.821 bits per heavy atom. The second kappa shape index (κ2) is 42.4. The van der Waals surface area contributed by atoms with Crippen molar-refractivity contribution in [3.63, 3.8) is 0 Å². The summed E-state index contributed by atoms with van der Waals surface area (Å²) in [5.74, 6) is -1.16. The lowest BCUT2D eigenvalue weighted by Gasteiger charge is -2.41. The van der Waals surface area contributed by atoms with Gasteiger partial charge in [-0.3, -0.25) is 18.6 Å². The molecule has 0 radical (unpaired) electrons. The third-order valence-electron chi connectivity index (χ3n) is 11.8. The van der Waals surface area contributed by atoms with Crippen LogP contribution in [0.5, 0.6) is 0 Å². The molecule has 1 aliphatic rings. The van der Waals surface area contributed by atoms with Crippen LogP contribution in [0, 0.1) is 0 Å². The van der Waals surface area contributed by atoms with Gasteiger partial charge in [0, 0.05) is 12.8 Å². The minimum absolute atomic E-state index is 0.0194. The van der Waals surface area contributed by atoms with Crippen LogP contribution in [0.2, 0.25) is 0 Å². The number of phosphoric acid groups is 1. The van der Waals surface area contributed by atoms with Gasteiger partial charge in [-0.1, -0.05) is 177 Å². The lowest BCUT2D eigenvalue weighted by molar-refractivity contribution is -0.220. The van der Waals surface area contributed by atoms with Crippen molar-refractivity contribution < 1.29 is 63.1 Å². The molecule has 0 aromatic heterocycles. The van der Waals surface area contributed by atoms with Crippen LogP contribution in [0.25, 0.3) is 0 Å². The van der Waals surface area contributed by atoms with Crippen molar-refractivity contribution in [2.24, 2.45) is 0 Å². The highest BCUT2D eigenvalue weighted by molar-refractivity contribution is 7.47. The van der Waals surface area contributed by atoms with E-state index in [2.05, 4.69) is 62.5 Å². The molecule has 1 rings (SSSR count). The van der Waals surface area contributed by atoms with Gasteiger partial charge in [-0.25, -0.2) is 4.57 Å². The van der Waals surface area contributed by atoms with Crippen LogP contribution in [0.3, 0.4) is 0 Å². The lowest BCUT2D eigenvalue weighted by atomic mass is 9.85. The summed E-state index contributed by atoms with van der Waals surface area (Å²) in [7, 11) is -5.14. The summed E-state index contributed by atoms with van der Waals surface area (Å²) in [5.41, 5.74) is 0. The number of ether oxygens (including phenoxy) is 2. The maximum atomic E-state index is 12.8. The number of aliphatic hydroxyl groups excluding tert-OH is 5. The van der Waals surface area contributed by atoms with Gasteiger partial charge in [0.1, 0.15) is 43.2 Å². The van der Waals surface area contributed by atoms with Gasteiger partial charge in [0.05, 0.1) is 6.61 Å². The normalized spacial score (nSPS) is 21.6. The number of aliphatic hydroxyl groups is 5. The zero-order valence-electron chi connectivity index (χ0n) is 41.4. The van der Waals surface area contributed by atoms with Gasteiger partial charge in [-0.15, -0.1) is 0 Å². The van der Waals surface area contributed by atoms with E-state index in [4.69, 9.17) is 18.5 Å². The molecule has 6 N–H and O–H groups in total. The maximum Gasteiger partial charge on any atom is 0.472 e. The molecule has 1 fully saturated rings. The quantitative estimate of drug-likeness (QED) is 0.0146. The number of hydrogen-bond donors (Lipinski definition) is 6. The highest BCUT2D eigenvalue weighted by atomic mass is 31.2. The van der Waals surface area contributed by atoms with Crippen molar-refractivity contribution in [2.45, 2.75) is 249 Å². The van der Waals surface area contributed by atoms with E-state index < -0.39 is 75.7 Å². The number of esters is 2. The fourth-order valence-electron chi connectivity index (χ4n) is 7.63. The summed E-state index contributed by atoms with van der Waals surface area (Å²) in [5, 5.41) is 50.3. The molecule has 14 heteroatoms. The Kier molecular flexibility index (Phi) is 39.6. The van der Waals surface area contributed by atoms with Gasteiger partial charge in [0.15, 0.2) is 6.10 Å². The Labute approximate surface area is 404 Å². The monoisotopic (exact) mass is 969 g/mol. The summed E-state index contributed by atoms with van der Waals surface area (Å²) in [6.07, 6.45) is 39.9. The Balaban J connectivity index is 2.42. The third kappa shape index (κ3) is 34.5. The zero-order chi connectivity index (χ0) is 49.2. The predicted octanol–water partition coefficient (Wildman–Crippen LogP) is 11.3. The standard InChI is InChI=1S/C53H93O13P/c1-3-5-7-9-11-13-15-17-19-21-22-23-24-26-27-29-31-33-35-37-39-41-46(54)63-43-45(44-64-67(61,62)66-53-51(59)49(57)48(56)50(58)52(53)60)65-47(55)42-40-38-36-34-32-30-28-25-20-18-16-14-12-10-8-6-4-2/h12,14,17-20,28,30,34,36,45,48-53,56-60H,3-11,13,15-16,21-27,29,31-33,35,37-44H2,1-2H3,(H,61,62)/b14-12+,19-17+,20-18+,30-28+,36-34+/t45-,48?,49-,50?,51?,52?,53?/m0/s1. The van der Waals surface area contributed by atoms with Crippen molar-refractivity contribution in [3.8, 4) is 0 Å². The Morgan fingerprint density at radius 1 is 0.463 bits per heavy atom. The molecule has 13 nitrogen and oxygen atoms in total. The topological polar surface area (TPSA) is 210 Å². The molecule has 67 heavy (non-hydrogen) atoms. The number of carbonyl (C=O) groups excluding carboxylic acids is 2. The Morgan fingerprint density at radius 3 is 1.31 bits per heavy atom. The first-order chi connectivity index (χ1) is 32.4. The predicted molar refractivity (Wildman–Crippen MR) is 267 cm³/mol. The SMILES string of the molecule is CCCCC/C=C/C/C=C/C/C=C/C/C=C/CCCC(=O)O[C@@H](COC(=O)CCCCCCCCCCCCC/C=C/CCCCCCCC)COP(=O)(O)OC1C(O)C(O)C(O)[C@H](O)C1O. The van der Waals surface area contributed by atoms with Gasteiger partial charge < -0.3 is 39.9 Å². The number of hydrogen-bond acceptors (Lipinski definition) is 12. The van der Waals surface area contributed by atoms with E-state index in [-0.39, 0.29) is 12.8 Å². The summed E-state index contributed by atoms with van der Waals surface area (Å²) in [6.45, 7) is 3.24. The molecule has 0 aromatic rings. The van der Waals surface area contributed by atoms with E-state index in [1.807, 2.05) is 12.2 Å². The molecule has 0 aliphatic heterocycles. The number of rotatable bonds is 43. The minimum atomic E-state index is -5.14. The molecule has 0 bridgehead atoms. The minimum Gasteiger partial charge on any atom is -0.462 e. The van der Waals surface area contributed by atoms with Gasteiger partial charge >= 0.3 is 19.8 Å². The highest BCUT2D eigenvalue weighted by Crippen LogP contribution is 2.47. The lowest BCUT2D eigenvalue weighted by Crippen LogP contribution is -2.64. The number of allylic oxidation sites excluding steroid dienone is 10. The van der Waals surface area contributed by atoms with Crippen molar-refractivity contribution in [1.29, 1.82) is 0 Å². The second-order valence-corrected chi connectivity index (χ2v) is 19.4. The molecular formula is C53H93O13P. The van der Waals surface area contributed by atoms with E-state index in [0.29, 0.717) is 19.3 Å². The van der Waals surface area contributed by atoms with Crippen molar-refractivity contribution in [1.82, 2.24) is 0 Å². The molecule has 0 amide bonds. The average molecular weight is 969 g/mol. The molecular weight excluding hydrogens is 876 g/mol. The summed E-state index contributed by atoms with van der Waals surface area (Å²) in [4.78, 5) is 35.8. The van der Waals surface area contributed by atoms with Crippen LogP contribution in [-0.4, -0.2) is 98.3 Å². The number of phosphoric ester groups is 1. The molecule has 388 valence electrons. The second-order valence-electron chi connectivity index (χ2n) is 18.0. The van der Waals surface area contributed by atoms with Gasteiger partial charge in [0.2, 0.25) is 0 Å². The third-order valence-corrected chi connectivity index (χ3v) is 12.8. The molecule has 8 atom stereocenters. The largest absolute Gasteiger partial charge is 0.472 e. The molecule has 0 saturated heterocycles. The summed E-state index contributed by atoms with van der Waals surface area (Å²) >= 11 is 0. The van der Waals surface area contributed by atoms with Gasteiger partial charge in [-0.2, -0.15) is 0 Å². The van der Waals surface area contributed by atoms with E-state index in [9.17, 15) is 44.6 Å². The first-order valence-corrected chi connectivity index (χ1v) is 27.6. The fraction of sp³-hybridized carbons (Fsp3) is 0.774. The Hall–Kier alpha value is -2.45. The van der Waals surface area contributed by atoms with Crippen molar-refractivity contribution in [2.75, 3.05) is 13.2 Å². The molecule has 0 heterocycles. The van der Waals surface area contributed by atoms with Gasteiger partial charge in [0.25, 0.3) is 0 Å². The molecule has 0 spiro atoms. The van der Waals surface area contributed by atoms with E-state index in [0.717, 1.165) is 44.9 Å². The van der Waals surface area contributed by atoms with Gasteiger partial charge in [-0.05, 0) is 77.0 Å². The first kappa shape index (κ1) is 62.6. The van der Waals surface area contributed by atoms with Crippen LogP contribution in [0.4, 0.5) is 0 Å². The van der Waals surface area contributed by atoms with E-state index >= 15 is 0 Å². The summed E-state index contributed by atoms with van der Waals surface area (Å²) < 4.78 is 33.6. The summed E-state index contributed by atoms with van der Waals surface area (Å²) in [6, 6.07) is 0. The highest BCUT2D eigenvalue weighted by Gasteiger charge is 2.51. The van der Waals surface area contributed by atoms with E-state index in [1.165, 1.54) is 116 Å². The van der Waals surface area contributed by atoms with E-state index in [1.54, 1.807) is 0 Å². The molecule has 0 aromatic carbocycles. The van der Waals surface area contributed by atoms with Crippen LogP contribution >= 0.6 is 7.82 Å². The fourth-order valence-corrected chi connectivity index (χ4v) is 8.60. The number of carbonyl (C=O) groups is 2. The Bertz CT molecular complexity index is 1400. The first-order valence-electron chi connectivity index (χ1n) is 26.1. The van der Waals surface area contributed by atoms with Crippen molar-refractivity contribution >= 4 is 19.8 Å².